The molecule has 52 nitrogen and oxygen atoms in total. The average molecular weight is 1860 g/mol. The minimum Gasteiger partial charge on any atom is -0.394 e. The molecular weight excluding hydrogens is 1730 g/mol. The molecule has 6 amide bonds. The fraction of sp³-hybridized carbons (Fsp3) is 0.908. The number of hydroxylamine groups is 2. The molecule has 27 N–H and O–H groups in total. The highest BCUT2D eigenvalue weighted by atomic mass is 16.8. The van der Waals surface area contributed by atoms with Crippen molar-refractivity contribution in [3.63, 3.8) is 0 Å². The SMILES string of the molecule is C[C@@H]1O[C@H](OCCN(CCCCCCNC(=O)CN(CC(=O)NCCCCCC(=O)NCCOC2O[C@H](CO[C@H]3O[C@H](CO)[C@@H](O)[C@H](O)[C@@H]3O)[C@@H](O)[C@H](O[C@H]3O[C@H](CO)[C@@H](O)[C@H](O)[C@@H]3O)[C@@H]2O)CC(=O)NCCCCCC(=O)ON2C(=O)CCC2=O)CCO[C@H]2O[C@H](CO[C@H]3O[C@H](CO)[C@@H](O)[C@H](O)[C@@H]3O)[C@@H](O)[C@H](O[C@H]3O[C@H](CO)[C@@H](O)[C@H](O)[C@@H]3O)[C@@H]2O)[C@@H](O)[C@H](O)[C@@H]1O. The number of imide groups is 1. The van der Waals surface area contributed by atoms with E-state index in [9.17, 15) is 151 Å². The van der Waals surface area contributed by atoms with Crippen LogP contribution < -0.4 is 21.3 Å². The molecular formula is C76H131N7O45. The molecule has 0 aromatic rings. The smallest absolute Gasteiger partial charge is 0.333 e. The van der Waals surface area contributed by atoms with E-state index >= 15 is 0 Å². The molecule has 0 aliphatic carbocycles. The van der Waals surface area contributed by atoms with Crippen LogP contribution in [0.3, 0.4) is 0 Å². The van der Waals surface area contributed by atoms with Crippen LogP contribution in [-0.4, -0.2) is 514 Å². The first kappa shape index (κ1) is 108. The maximum absolute atomic E-state index is 13.6. The molecule has 0 aromatic carbocycles. The molecule has 0 bridgehead atoms. The summed E-state index contributed by atoms with van der Waals surface area (Å²) < 4.78 is 79.5. The number of carbonyl (C=O) groups excluding carboxylic acids is 7. The van der Waals surface area contributed by atoms with Crippen molar-refractivity contribution in [1.29, 1.82) is 0 Å². The lowest BCUT2D eigenvalue weighted by Gasteiger charge is -2.46. The predicted molar refractivity (Wildman–Crippen MR) is 416 cm³/mol. The third-order valence-electron chi connectivity index (χ3n) is 22.8. The second-order valence-corrected chi connectivity index (χ2v) is 32.5. The fourth-order valence-corrected chi connectivity index (χ4v) is 15.1. The Balaban J connectivity index is 0.804. The van der Waals surface area contributed by atoms with Gasteiger partial charge in [-0.05, 0) is 52.0 Å². The van der Waals surface area contributed by atoms with Crippen LogP contribution in [-0.2, 0) is 105 Å². The van der Waals surface area contributed by atoms with Gasteiger partial charge in [-0.15, -0.1) is 5.06 Å². The highest BCUT2D eigenvalue weighted by Crippen LogP contribution is 2.35. The van der Waals surface area contributed by atoms with E-state index in [1.807, 2.05) is 4.90 Å². The Morgan fingerprint density at radius 2 is 0.656 bits per heavy atom. The second-order valence-electron chi connectivity index (χ2n) is 32.5. The highest BCUT2D eigenvalue weighted by molar-refractivity contribution is 6.01. The molecule has 8 rings (SSSR count). The summed E-state index contributed by atoms with van der Waals surface area (Å²) in [5, 5.41) is 254. The zero-order chi connectivity index (χ0) is 93.8. The molecule has 0 saturated carbocycles. The molecule has 740 valence electrons. The van der Waals surface area contributed by atoms with E-state index in [4.69, 9.17) is 71.2 Å². The summed E-state index contributed by atoms with van der Waals surface area (Å²) in [4.78, 5) is 97.4. The topological polar surface area (TPSA) is 781 Å². The number of nitrogens with zero attached hydrogens (tertiary/aromatic N) is 3. The van der Waals surface area contributed by atoms with Crippen molar-refractivity contribution in [3.8, 4) is 0 Å². The molecule has 8 aliphatic heterocycles. The van der Waals surface area contributed by atoms with Crippen LogP contribution in [0, 0.1) is 0 Å². The van der Waals surface area contributed by atoms with E-state index in [-0.39, 0.29) is 91.2 Å². The van der Waals surface area contributed by atoms with Crippen molar-refractivity contribution in [1.82, 2.24) is 36.1 Å². The third-order valence-corrected chi connectivity index (χ3v) is 22.8. The maximum Gasteiger partial charge on any atom is 0.333 e. The summed E-state index contributed by atoms with van der Waals surface area (Å²) in [5.41, 5.74) is 0. The van der Waals surface area contributed by atoms with Crippen LogP contribution in [0.1, 0.15) is 96.8 Å². The Kier molecular flexibility index (Phi) is 45.6. The molecule has 0 spiro atoms. The van der Waals surface area contributed by atoms with Gasteiger partial charge in [0.2, 0.25) is 23.6 Å². The summed E-state index contributed by atoms with van der Waals surface area (Å²) in [6.07, 6.45) is -56.3. The van der Waals surface area contributed by atoms with Crippen LogP contribution in [0.15, 0.2) is 0 Å². The third kappa shape index (κ3) is 31.0. The van der Waals surface area contributed by atoms with E-state index in [1.165, 1.54) is 11.8 Å². The summed E-state index contributed by atoms with van der Waals surface area (Å²) >= 11 is 0. The standard InChI is InChI=1S/C76H131N7O45/c1-35-49(95)56(102)61(107)70(119-35)115-24-21-81(22-25-116-74-67(113)69(127-76-65(111)60(106)53(99)39(32-87)123-76)55(101)41(125-74)34-118-72-63(109)58(104)51(97)37(30-85)121-72)20-11-3-2-8-16-77-43(89)26-82(28-45(91)79-18-10-5-7-13-48(94)128-83-46(92)14-15-47(83)93)27-44(90)78-17-9-4-6-12-42(88)80-19-23-114-73-66(112)68(126-75-64(110)59(105)52(98)38(31-86)122-75)54(100)40(124-73)33-117-71-62(108)57(103)50(96)36(29-84)120-71/h35-41,49-76,84-87,95-113H,2-34H2,1H3,(H,77,89)(H,78,90)(H,79,91)(H,80,88)/t35-,36+,37+,38+,39+,40+,41+,49+,50+,51+,52+,53+,54+,55+,56+,57-,58-,59-,60-,61-,62-,63-,64-,65-,66-,67-,68-,69-,70-,71-,72-,73?,74-,75+,76+/m0/s1. The van der Waals surface area contributed by atoms with E-state index in [0.717, 1.165) is 0 Å². The summed E-state index contributed by atoms with van der Waals surface area (Å²) in [7, 11) is 0. The number of nitrogens with one attached hydrogen (secondary N) is 4. The van der Waals surface area contributed by atoms with Crippen LogP contribution in [0.2, 0.25) is 0 Å². The molecule has 8 fully saturated rings. The van der Waals surface area contributed by atoms with Crippen molar-refractivity contribution < 1.29 is 222 Å². The largest absolute Gasteiger partial charge is 0.394 e. The van der Waals surface area contributed by atoms with E-state index in [0.29, 0.717) is 69.4 Å². The first-order chi connectivity index (χ1) is 61.0. The number of hydrogen-bond donors (Lipinski definition) is 27. The van der Waals surface area contributed by atoms with Gasteiger partial charge in [-0.2, -0.15) is 0 Å². The van der Waals surface area contributed by atoms with Gasteiger partial charge in [0.05, 0.1) is 85.2 Å². The van der Waals surface area contributed by atoms with Gasteiger partial charge in [-0.3, -0.25) is 38.6 Å². The van der Waals surface area contributed by atoms with Crippen molar-refractivity contribution in [2.45, 2.75) is 312 Å². The molecule has 8 aliphatic rings. The Labute approximate surface area is 734 Å². The molecule has 0 radical (unpaired) electrons. The zero-order valence-corrected chi connectivity index (χ0v) is 70.7. The lowest BCUT2D eigenvalue weighted by Crippen LogP contribution is -2.65. The van der Waals surface area contributed by atoms with E-state index in [1.54, 1.807) is 0 Å². The quantitative estimate of drug-likeness (QED) is 0.0199. The van der Waals surface area contributed by atoms with Crippen LogP contribution in [0.4, 0.5) is 0 Å². The Hall–Kier alpha value is -5.07. The first-order valence-corrected chi connectivity index (χ1v) is 42.9. The van der Waals surface area contributed by atoms with Gasteiger partial charge in [0.15, 0.2) is 44.0 Å². The van der Waals surface area contributed by atoms with Crippen molar-refractivity contribution in [3.05, 3.63) is 0 Å². The Bertz CT molecular complexity index is 3310. The van der Waals surface area contributed by atoms with E-state index in [2.05, 4.69) is 21.3 Å². The lowest BCUT2D eigenvalue weighted by molar-refractivity contribution is -0.366. The van der Waals surface area contributed by atoms with Crippen molar-refractivity contribution >= 4 is 41.4 Å². The van der Waals surface area contributed by atoms with Gasteiger partial charge in [-0.25, -0.2) is 4.79 Å². The fourth-order valence-electron chi connectivity index (χ4n) is 15.1. The monoisotopic (exact) mass is 1860 g/mol. The number of amides is 6. The predicted octanol–water partition coefficient (Wildman–Crippen LogP) is -15.9. The van der Waals surface area contributed by atoms with Gasteiger partial charge in [0.1, 0.15) is 165 Å². The number of rotatable bonds is 52. The molecule has 52 heteroatoms. The average Bonchev–Trinajstić information content (AvgIpc) is 0.911. The van der Waals surface area contributed by atoms with Crippen LogP contribution >= 0.6 is 0 Å². The minimum atomic E-state index is -2.01. The zero-order valence-electron chi connectivity index (χ0n) is 70.7. The number of aliphatic hydroxyl groups is 23. The highest BCUT2D eigenvalue weighted by Gasteiger charge is 2.56. The van der Waals surface area contributed by atoms with Gasteiger partial charge in [0, 0.05) is 65.0 Å². The van der Waals surface area contributed by atoms with Gasteiger partial charge >= 0.3 is 5.97 Å². The Morgan fingerprint density at radius 1 is 0.328 bits per heavy atom. The summed E-state index contributed by atoms with van der Waals surface area (Å²) in [6, 6.07) is 0. The molecule has 8 heterocycles. The van der Waals surface area contributed by atoms with E-state index < -0.39 is 316 Å². The number of unbranched alkanes of at least 4 members (excludes halogenated alkanes) is 7. The summed E-state index contributed by atoms with van der Waals surface area (Å²) in [5.74, 6) is -4.15. The molecule has 0 aromatic heterocycles. The van der Waals surface area contributed by atoms with Crippen LogP contribution in [0.5, 0.6) is 0 Å². The second kappa shape index (κ2) is 53.9. The Morgan fingerprint density at radius 3 is 1.06 bits per heavy atom. The van der Waals surface area contributed by atoms with Crippen molar-refractivity contribution in [2.75, 3.05) is 125 Å². The molecule has 128 heavy (non-hydrogen) atoms. The maximum atomic E-state index is 13.6. The minimum absolute atomic E-state index is 0.00882. The van der Waals surface area contributed by atoms with Crippen LogP contribution in [0.25, 0.3) is 0 Å². The normalized spacial score (nSPS) is 37.7. The first-order valence-electron chi connectivity index (χ1n) is 42.9. The molecule has 1 unspecified atom stereocenters. The summed E-state index contributed by atoms with van der Waals surface area (Å²) in [6.45, 7) is -4.66. The number of ether oxygens (including phenoxy) is 14. The number of aliphatic hydroxyl groups excluding tert-OH is 23. The molecule has 35 atom stereocenters. The number of hydrogen-bond acceptors (Lipinski definition) is 47. The van der Waals surface area contributed by atoms with Gasteiger partial charge in [-0.1, -0.05) is 25.7 Å². The van der Waals surface area contributed by atoms with Crippen molar-refractivity contribution in [2.24, 2.45) is 0 Å². The van der Waals surface area contributed by atoms with Gasteiger partial charge < -0.3 is 210 Å². The number of carbonyl (C=O) groups is 7. The van der Waals surface area contributed by atoms with Gasteiger partial charge in [0.25, 0.3) is 11.8 Å². The molecule has 8 saturated heterocycles. The lowest BCUT2D eigenvalue weighted by atomic mass is 9.96.